The van der Waals surface area contributed by atoms with Crippen molar-refractivity contribution in [3.63, 3.8) is 0 Å². The highest BCUT2D eigenvalue weighted by atomic mass is 16.5. The lowest BCUT2D eigenvalue weighted by atomic mass is 9.86. The molecule has 2 rings (SSSR count). The average molecular weight is 181 g/mol. The minimum Gasteiger partial charge on any atom is -0.379 e. The van der Waals surface area contributed by atoms with Crippen molar-refractivity contribution in [2.45, 2.75) is 13.3 Å². The Morgan fingerprint density at radius 3 is 2.69 bits per heavy atom. The summed E-state index contributed by atoms with van der Waals surface area (Å²) in [7, 11) is 0. The van der Waals surface area contributed by atoms with Crippen molar-refractivity contribution in [1.29, 1.82) is 0 Å². The summed E-state index contributed by atoms with van der Waals surface area (Å²) in [6, 6.07) is 0. The monoisotopic (exact) mass is 181 g/mol. The van der Waals surface area contributed by atoms with Crippen molar-refractivity contribution in [2.24, 2.45) is 5.41 Å². The Morgan fingerprint density at radius 2 is 2.23 bits per heavy atom. The summed E-state index contributed by atoms with van der Waals surface area (Å²) in [5.41, 5.74) is -0.231. The van der Waals surface area contributed by atoms with Gasteiger partial charge in [-0.1, -0.05) is 12.2 Å². The molecule has 3 nitrogen and oxygen atoms in total. The molecule has 0 N–H and O–H groups in total. The highest BCUT2D eigenvalue weighted by Gasteiger charge is 2.43. The summed E-state index contributed by atoms with van der Waals surface area (Å²) >= 11 is 0. The summed E-state index contributed by atoms with van der Waals surface area (Å²) in [5, 5.41) is 0. The van der Waals surface area contributed by atoms with E-state index in [1.165, 1.54) is 0 Å². The third-order valence-corrected chi connectivity index (χ3v) is 2.70. The number of carbonyl (C=O) groups excluding carboxylic acids is 1. The molecule has 0 saturated carbocycles. The molecule has 0 bridgehead atoms. The van der Waals surface area contributed by atoms with Crippen LogP contribution in [-0.2, 0) is 9.53 Å². The largest absolute Gasteiger partial charge is 0.379 e. The first kappa shape index (κ1) is 8.75. The molecule has 3 heteroatoms. The van der Waals surface area contributed by atoms with Crippen molar-refractivity contribution in [3.8, 4) is 0 Å². The minimum absolute atomic E-state index is 0.231. The van der Waals surface area contributed by atoms with Crippen LogP contribution in [0.25, 0.3) is 0 Å². The molecule has 72 valence electrons. The lowest BCUT2D eigenvalue weighted by Crippen LogP contribution is -2.54. The molecule has 13 heavy (non-hydrogen) atoms. The van der Waals surface area contributed by atoms with Gasteiger partial charge in [0.05, 0.1) is 18.6 Å². The normalized spacial score (nSPS) is 25.5. The van der Waals surface area contributed by atoms with E-state index in [0.717, 1.165) is 19.5 Å². The van der Waals surface area contributed by atoms with Gasteiger partial charge >= 0.3 is 0 Å². The van der Waals surface area contributed by atoms with Gasteiger partial charge < -0.3 is 9.64 Å². The van der Waals surface area contributed by atoms with Crippen LogP contribution in [0.4, 0.5) is 0 Å². The molecule has 2 aliphatic heterocycles. The smallest absolute Gasteiger partial charge is 0.233 e. The molecule has 0 aromatic carbocycles. The molecule has 1 amide bonds. The Morgan fingerprint density at radius 1 is 1.46 bits per heavy atom. The Balaban J connectivity index is 1.99. The van der Waals surface area contributed by atoms with Gasteiger partial charge in [-0.3, -0.25) is 4.79 Å². The SMILES string of the molecule is CC1(C(=O)N2CC=CCC2)COC1. The molecule has 1 fully saturated rings. The fraction of sp³-hybridized carbons (Fsp3) is 0.700. The Kier molecular flexibility index (Phi) is 2.12. The van der Waals surface area contributed by atoms with Crippen LogP contribution in [0.3, 0.4) is 0 Å². The zero-order valence-corrected chi connectivity index (χ0v) is 7.95. The second-order valence-corrected chi connectivity index (χ2v) is 4.06. The fourth-order valence-electron chi connectivity index (χ4n) is 1.74. The topological polar surface area (TPSA) is 29.5 Å². The van der Waals surface area contributed by atoms with Crippen molar-refractivity contribution < 1.29 is 9.53 Å². The van der Waals surface area contributed by atoms with E-state index < -0.39 is 0 Å². The zero-order chi connectivity index (χ0) is 9.31. The van der Waals surface area contributed by atoms with Gasteiger partial charge in [-0.2, -0.15) is 0 Å². The first-order chi connectivity index (χ1) is 6.22. The number of amides is 1. The quantitative estimate of drug-likeness (QED) is 0.560. The second-order valence-electron chi connectivity index (χ2n) is 4.06. The summed E-state index contributed by atoms with van der Waals surface area (Å²) in [6.07, 6.45) is 5.18. The van der Waals surface area contributed by atoms with E-state index in [1.54, 1.807) is 0 Å². The highest BCUT2D eigenvalue weighted by molar-refractivity contribution is 5.83. The van der Waals surface area contributed by atoms with Gasteiger partial charge in [-0.05, 0) is 13.3 Å². The maximum absolute atomic E-state index is 11.9. The predicted molar refractivity (Wildman–Crippen MR) is 49.3 cm³/mol. The molecule has 1 saturated heterocycles. The molecule has 0 aliphatic carbocycles. The summed E-state index contributed by atoms with van der Waals surface area (Å²) in [6.45, 7) is 4.80. The number of ether oxygens (including phenoxy) is 1. The predicted octanol–water partition coefficient (Wildman–Crippen LogP) is 0.811. The Labute approximate surface area is 78.4 Å². The number of hydrogen-bond acceptors (Lipinski definition) is 2. The molecule has 0 aromatic rings. The van der Waals surface area contributed by atoms with Crippen molar-refractivity contribution in [3.05, 3.63) is 12.2 Å². The summed E-state index contributed by atoms with van der Waals surface area (Å²) < 4.78 is 5.08. The minimum atomic E-state index is -0.231. The van der Waals surface area contributed by atoms with Crippen LogP contribution in [0.5, 0.6) is 0 Å². The third kappa shape index (κ3) is 1.48. The Hall–Kier alpha value is -0.830. The van der Waals surface area contributed by atoms with Gasteiger partial charge in [0.15, 0.2) is 0 Å². The first-order valence-corrected chi connectivity index (χ1v) is 4.74. The highest BCUT2D eigenvalue weighted by Crippen LogP contribution is 2.29. The van der Waals surface area contributed by atoms with Crippen molar-refractivity contribution in [1.82, 2.24) is 4.90 Å². The van der Waals surface area contributed by atoms with E-state index in [9.17, 15) is 4.79 Å². The maximum atomic E-state index is 11.9. The van der Waals surface area contributed by atoms with Gasteiger partial charge in [0, 0.05) is 13.1 Å². The van der Waals surface area contributed by atoms with Crippen LogP contribution in [0.2, 0.25) is 0 Å². The Bertz CT molecular complexity index is 243. The van der Waals surface area contributed by atoms with Crippen LogP contribution in [0.1, 0.15) is 13.3 Å². The third-order valence-electron chi connectivity index (χ3n) is 2.70. The number of nitrogens with zero attached hydrogens (tertiary/aromatic N) is 1. The number of rotatable bonds is 1. The zero-order valence-electron chi connectivity index (χ0n) is 7.95. The number of hydrogen-bond donors (Lipinski definition) is 0. The van der Waals surface area contributed by atoms with Crippen LogP contribution >= 0.6 is 0 Å². The van der Waals surface area contributed by atoms with E-state index in [4.69, 9.17) is 4.74 Å². The van der Waals surface area contributed by atoms with E-state index in [-0.39, 0.29) is 11.3 Å². The number of carbonyl (C=O) groups is 1. The van der Waals surface area contributed by atoms with Gasteiger partial charge in [-0.15, -0.1) is 0 Å². The van der Waals surface area contributed by atoms with E-state index in [1.807, 2.05) is 11.8 Å². The average Bonchev–Trinajstić information content (AvgIpc) is 2.14. The van der Waals surface area contributed by atoms with Gasteiger partial charge in [0.1, 0.15) is 0 Å². The van der Waals surface area contributed by atoms with Crippen molar-refractivity contribution in [2.75, 3.05) is 26.3 Å². The van der Waals surface area contributed by atoms with Crippen molar-refractivity contribution >= 4 is 5.91 Å². The van der Waals surface area contributed by atoms with Gasteiger partial charge in [0.2, 0.25) is 5.91 Å². The second kappa shape index (κ2) is 3.14. The maximum Gasteiger partial charge on any atom is 0.233 e. The molecule has 0 radical (unpaired) electrons. The molecular weight excluding hydrogens is 166 g/mol. The van der Waals surface area contributed by atoms with Crippen LogP contribution in [-0.4, -0.2) is 37.1 Å². The fourth-order valence-corrected chi connectivity index (χ4v) is 1.74. The molecule has 0 atom stereocenters. The van der Waals surface area contributed by atoms with Gasteiger partial charge in [0.25, 0.3) is 0 Å². The summed E-state index contributed by atoms with van der Waals surface area (Å²) in [5.74, 6) is 0.253. The molecule has 0 aromatic heterocycles. The van der Waals surface area contributed by atoms with E-state index in [2.05, 4.69) is 12.2 Å². The van der Waals surface area contributed by atoms with E-state index in [0.29, 0.717) is 13.2 Å². The molecule has 0 spiro atoms. The van der Waals surface area contributed by atoms with Gasteiger partial charge in [-0.25, -0.2) is 0 Å². The molecule has 0 unspecified atom stereocenters. The molecule has 2 heterocycles. The van der Waals surface area contributed by atoms with E-state index >= 15 is 0 Å². The summed E-state index contributed by atoms with van der Waals surface area (Å²) in [4.78, 5) is 13.8. The molecule has 2 aliphatic rings. The van der Waals surface area contributed by atoms with Crippen LogP contribution in [0.15, 0.2) is 12.2 Å². The lowest BCUT2D eigenvalue weighted by Gasteiger charge is -2.40. The lowest BCUT2D eigenvalue weighted by molar-refractivity contribution is -0.168. The van der Waals surface area contributed by atoms with Crippen LogP contribution < -0.4 is 0 Å². The molecular formula is C10H15NO2. The standard InChI is InChI=1S/C10H15NO2/c1-10(7-13-8-10)9(12)11-5-3-2-4-6-11/h2-3H,4-8H2,1H3. The van der Waals surface area contributed by atoms with Crippen LogP contribution in [0, 0.1) is 5.41 Å². The first-order valence-electron chi connectivity index (χ1n) is 4.74.